The lowest BCUT2D eigenvalue weighted by molar-refractivity contribution is 0.133. The summed E-state index contributed by atoms with van der Waals surface area (Å²) < 4.78 is 28.5. The van der Waals surface area contributed by atoms with Crippen LogP contribution in [0, 0.1) is 17.8 Å². The summed E-state index contributed by atoms with van der Waals surface area (Å²) in [4.78, 5) is 0.410. The SMILES string of the molecule is Cc1ccc(-c2ccc(S(=O)(=O)N3CC4(C)CC3CC(C)(C)C4)cc2)cc1. The highest BCUT2D eigenvalue weighted by Crippen LogP contribution is 2.53. The maximum absolute atomic E-state index is 13.3. The fourth-order valence-electron chi connectivity index (χ4n) is 5.39. The van der Waals surface area contributed by atoms with Crippen LogP contribution in [0.1, 0.15) is 45.6 Å². The van der Waals surface area contributed by atoms with Gasteiger partial charge in [0.1, 0.15) is 0 Å². The minimum atomic E-state index is -3.45. The van der Waals surface area contributed by atoms with E-state index >= 15 is 0 Å². The Morgan fingerprint density at radius 3 is 2.04 bits per heavy atom. The van der Waals surface area contributed by atoms with Crippen LogP contribution in [0.5, 0.6) is 0 Å². The van der Waals surface area contributed by atoms with Gasteiger partial charge in [-0.1, -0.05) is 62.7 Å². The molecule has 1 heterocycles. The summed E-state index contributed by atoms with van der Waals surface area (Å²) in [7, 11) is -3.45. The number of aryl methyl sites for hydroxylation is 1. The van der Waals surface area contributed by atoms with Gasteiger partial charge in [-0.25, -0.2) is 8.42 Å². The number of hydrogen-bond acceptors (Lipinski definition) is 2. The normalized spacial score (nSPS) is 27.6. The Morgan fingerprint density at radius 1 is 0.889 bits per heavy atom. The van der Waals surface area contributed by atoms with E-state index in [0.717, 1.165) is 30.4 Å². The van der Waals surface area contributed by atoms with Crippen LogP contribution in [0.25, 0.3) is 11.1 Å². The van der Waals surface area contributed by atoms with E-state index in [0.29, 0.717) is 11.4 Å². The number of rotatable bonds is 3. The topological polar surface area (TPSA) is 37.4 Å². The summed E-state index contributed by atoms with van der Waals surface area (Å²) in [6.07, 6.45) is 3.02. The van der Waals surface area contributed by atoms with Gasteiger partial charge in [-0.05, 0) is 60.3 Å². The van der Waals surface area contributed by atoms with Crippen molar-refractivity contribution in [3.8, 4) is 11.1 Å². The van der Waals surface area contributed by atoms with Crippen molar-refractivity contribution in [1.82, 2.24) is 4.31 Å². The first-order valence-electron chi connectivity index (χ1n) is 9.77. The number of fused-ring (bicyclic) bond motifs is 2. The molecule has 1 saturated heterocycles. The summed E-state index contributed by atoms with van der Waals surface area (Å²) in [5.74, 6) is 0. The second-order valence-electron chi connectivity index (χ2n) is 9.65. The molecule has 2 fully saturated rings. The molecule has 2 unspecified atom stereocenters. The Balaban J connectivity index is 1.62. The lowest BCUT2D eigenvalue weighted by atomic mass is 9.65. The quantitative estimate of drug-likeness (QED) is 0.726. The summed E-state index contributed by atoms with van der Waals surface area (Å²) >= 11 is 0. The molecule has 27 heavy (non-hydrogen) atoms. The Morgan fingerprint density at radius 2 is 1.44 bits per heavy atom. The maximum atomic E-state index is 13.3. The molecule has 3 nitrogen and oxygen atoms in total. The zero-order valence-corrected chi connectivity index (χ0v) is 17.5. The molecule has 4 rings (SSSR count). The van der Waals surface area contributed by atoms with Gasteiger partial charge in [0, 0.05) is 12.6 Å². The minimum absolute atomic E-state index is 0.0985. The van der Waals surface area contributed by atoms with Gasteiger partial charge in [0.05, 0.1) is 4.90 Å². The summed E-state index contributed by atoms with van der Waals surface area (Å²) in [6.45, 7) is 9.49. The summed E-state index contributed by atoms with van der Waals surface area (Å²) in [5, 5.41) is 0. The fourth-order valence-corrected chi connectivity index (χ4v) is 7.16. The second-order valence-corrected chi connectivity index (χ2v) is 11.5. The van der Waals surface area contributed by atoms with Crippen LogP contribution < -0.4 is 0 Å². The third-order valence-electron chi connectivity index (χ3n) is 6.21. The van der Waals surface area contributed by atoms with Crippen molar-refractivity contribution in [2.75, 3.05) is 6.54 Å². The lowest BCUT2D eigenvalue weighted by Crippen LogP contribution is -2.37. The third kappa shape index (κ3) is 3.45. The number of hydrogen-bond donors (Lipinski definition) is 0. The van der Waals surface area contributed by atoms with E-state index in [1.54, 1.807) is 16.4 Å². The van der Waals surface area contributed by atoms with Crippen molar-refractivity contribution in [3.05, 3.63) is 54.1 Å². The summed E-state index contributed by atoms with van der Waals surface area (Å²) in [6, 6.07) is 15.8. The zero-order chi connectivity index (χ0) is 19.4. The van der Waals surface area contributed by atoms with Gasteiger partial charge in [-0.2, -0.15) is 4.31 Å². The van der Waals surface area contributed by atoms with Crippen molar-refractivity contribution in [3.63, 3.8) is 0 Å². The van der Waals surface area contributed by atoms with E-state index in [4.69, 9.17) is 0 Å². The van der Waals surface area contributed by atoms with E-state index in [2.05, 4.69) is 52.0 Å². The van der Waals surface area contributed by atoms with Crippen LogP contribution in [-0.4, -0.2) is 25.3 Å². The molecule has 2 aliphatic rings. The van der Waals surface area contributed by atoms with E-state index in [-0.39, 0.29) is 16.9 Å². The van der Waals surface area contributed by atoms with Crippen molar-refractivity contribution in [1.29, 1.82) is 0 Å². The molecule has 2 atom stereocenters. The van der Waals surface area contributed by atoms with Crippen LogP contribution in [0.4, 0.5) is 0 Å². The predicted octanol–water partition coefficient (Wildman–Crippen LogP) is 5.25. The number of nitrogens with zero attached hydrogens (tertiary/aromatic N) is 1. The first-order chi connectivity index (χ1) is 12.6. The standard InChI is InChI=1S/C23H29NO2S/c1-17-5-7-18(8-6-17)19-9-11-21(12-10-19)27(25,26)24-16-23(4)14-20(24)13-22(2,3)15-23/h5-12,20H,13-16H2,1-4H3. The van der Waals surface area contributed by atoms with E-state index in [1.165, 1.54) is 5.56 Å². The highest BCUT2D eigenvalue weighted by Gasteiger charge is 2.53. The molecule has 2 aromatic rings. The van der Waals surface area contributed by atoms with Crippen LogP contribution in [0.3, 0.4) is 0 Å². The van der Waals surface area contributed by atoms with Crippen LogP contribution in [0.2, 0.25) is 0 Å². The Kier molecular flexibility index (Phi) is 4.28. The highest BCUT2D eigenvalue weighted by molar-refractivity contribution is 7.89. The van der Waals surface area contributed by atoms with Gasteiger partial charge >= 0.3 is 0 Å². The largest absolute Gasteiger partial charge is 0.243 e. The molecule has 0 amide bonds. The molecule has 144 valence electrons. The van der Waals surface area contributed by atoms with E-state index < -0.39 is 10.0 Å². The average molecular weight is 384 g/mol. The molecular weight excluding hydrogens is 354 g/mol. The Labute approximate surface area is 163 Å². The molecule has 0 N–H and O–H groups in total. The highest BCUT2D eigenvalue weighted by atomic mass is 32.2. The third-order valence-corrected chi connectivity index (χ3v) is 8.13. The predicted molar refractivity (Wildman–Crippen MR) is 110 cm³/mol. The molecule has 0 aromatic heterocycles. The van der Waals surface area contributed by atoms with Gasteiger partial charge < -0.3 is 0 Å². The van der Waals surface area contributed by atoms with Gasteiger partial charge in [0.15, 0.2) is 0 Å². The van der Waals surface area contributed by atoms with Crippen molar-refractivity contribution in [2.45, 2.75) is 57.9 Å². The zero-order valence-electron chi connectivity index (χ0n) is 16.7. The molecule has 0 radical (unpaired) electrons. The first kappa shape index (κ1) is 18.7. The molecule has 2 bridgehead atoms. The van der Waals surface area contributed by atoms with Gasteiger partial charge in [-0.15, -0.1) is 0 Å². The molecule has 0 spiro atoms. The lowest BCUT2D eigenvalue weighted by Gasteiger charge is -2.39. The molecule has 1 saturated carbocycles. The second kappa shape index (κ2) is 6.18. The number of benzene rings is 2. The Hall–Kier alpha value is -1.65. The van der Waals surface area contributed by atoms with E-state index in [9.17, 15) is 8.42 Å². The minimum Gasteiger partial charge on any atom is -0.207 e. The van der Waals surface area contributed by atoms with Gasteiger partial charge in [-0.3, -0.25) is 0 Å². The van der Waals surface area contributed by atoms with Gasteiger partial charge in [0.2, 0.25) is 10.0 Å². The van der Waals surface area contributed by atoms with Crippen LogP contribution in [0.15, 0.2) is 53.4 Å². The maximum Gasteiger partial charge on any atom is 0.243 e. The average Bonchev–Trinajstić information content (AvgIpc) is 2.85. The van der Waals surface area contributed by atoms with E-state index in [1.807, 2.05) is 12.1 Å². The van der Waals surface area contributed by atoms with Crippen molar-refractivity contribution < 1.29 is 8.42 Å². The monoisotopic (exact) mass is 383 g/mol. The Bertz CT molecular complexity index is 945. The van der Waals surface area contributed by atoms with Crippen LogP contribution in [-0.2, 0) is 10.0 Å². The summed E-state index contributed by atoms with van der Waals surface area (Å²) in [5.41, 5.74) is 3.67. The van der Waals surface area contributed by atoms with Crippen molar-refractivity contribution in [2.24, 2.45) is 10.8 Å². The molecule has 1 aliphatic heterocycles. The molecule has 2 aromatic carbocycles. The van der Waals surface area contributed by atoms with Crippen LogP contribution >= 0.6 is 0 Å². The van der Waals surface area contributed by atoms with Gasteiger partial charge in [0.25, 0.3) is 0 Å². The number of sulfonamides is 1. The fraction of sp³-hybridized carbons (Fsp3) is 0.478. The first-order valence-corrected chi connectivity index (χ1v) is 11.2. The van der Waals surface area contributed by atoms with Crippen molar-refractivity contribution >= 4 is 10.0 Å². The molecule has 4 heteroatoms. The molecule has 1 aliphatic carbocycles. The molecular formula is C23H29NO2S. The smallest absolute Gasteiger partial charge is 0.207 e.